The topological polar surface area (TPSA) is 0 Å². The van der Waals surface area contributed by atoms with Crippen LogP contribution < -0.4 is 0 Å². The third-order valence-corrected chi connectivity index (χ3v) is 7.91. The number of rotatable bonds is 0. The highest BCUT2D eigenvalue weighted by Gasteiger charge is 2.54. The predicted molar refractivity (Wildman–Crippen MR) is 101 cm³/mol. The van der Waals surface area contributed by atoms with Gasteiger partial charge < -0.3 is 0 Å². The number of allylic oxidation sites excluding steroid dienone is 2. The highest BCUT2D eigenvalue weighted by atomic mass is 14.6. The van der Waals surface area contributed by atoms with Gasteiger partial charge in [-0.3, -0.25) is 0 Å². The van der Waals surface area contributed by atoms with E-state index in [-0.39, 0.29) is 0 Å². The van der Waals surface area contributed by atoms with Gasteiger partial charge in [0.15, 0.2) is 0 Å². The molecule has 0 heteroatoms. The second kappa shape index (κ2) is 6.23. The van der Waals surface area contributed by atoms with Crippen molar-refractivity contribution in [3.05, 3.63) is 11.6 Å². The van der Waals surface area contributed by atoms with Gasteiger partial charge in [-0.1, -0.05) is 53.2 Å². The molecule has 0 saturated heterocycles. The molecule has 4 rings (SSSR count). The smallest absolute Gasteiger partial charge is 0.000560 e. The van der Waals surface area contributed by atoms with E-state index in [4.69, 9.17) is 0 Å². The summed E-state index contributed by atoms with van der Waals surface area (Å²) >= 11 is 0. The molecule has 3 saturated carbocycles. The maximum Gasteiger partial charge on any atom is 0.000560 e. The number of fused-ring (bicyclic) bond motifs is 3. The van der Waals surface area contributed by atoms with E-state index in [0.717, 1.165) is 40.4 Å². The van der Waals surface area contributed by atoms with Crippen LogP contribution in [0.3, 0.4) is 0 Å². The fraction of sp³-hybridized carbons (Fsp3) is 0.913. The minimum Gasteiger partial charge on any atom is -0.0773 e. The fourth-order valence-electron chi connectivity index (χ4n) is 5.57. The van der Waals surface area contributed by atoms with Crippen LogP contribution in [0, 0.1) is 40.4 Å². The van der Waals surface area contributed by atoms with E-state index in [0.29, 0.717) is 0 Å². The fourth-order valence-corrected chi connectivity index (χ4v) is 5.57. The summed E-state index contributed by atoms with van der Waals surface area (Å²) in [4.78, 5) is 0. The molecule has 0 N–H and O–H groups in total. The first kappa shape index (κ1) is 17.6. The zero-order valence-corrected chi connectivity index (χ0v) is 16.6. The molecule has 0 amide bonds. The summed E-state index contributed by atoms with van der Waals surface area (Å²) in [6.45, 7) is 14.2. The van der Waals surface area contributed by atoms with Crippen molar-refractivity contribution in [3.8, 4) is 0 Å². The quantitative estimate of drug-likeness (QED) is 0.413. The van der Waals surface area contributed by atoms with Gasteiger partial charge >= 0.3 is 0 Å². The molecule has 0 spiro atoms. The molecule has 3 fully saturated rings. The lowest BCUT2D eigenvalue weighted by Crippen LogP contribution is -2.09. The molecule has 132 valence electrons. The Morgan fingerprint density at radius 3 is 2.26 bits per heavy atom. The lowest BCUT2D eigenvalue weighted by molar-refractivity contribution is 0.330. The van der Waals surface area contributed by atoms with Crippen LogP contribution >= 0.6 is 0 Å². The van der Waals surface area contributed by atoms with E-state index in [1.54, 1.807) is 0 Å². The highest BCUT2D eigenvalue weighted by Crippen LogP contribution is 2.64. The van der Waals surface area contributed by atoms with E-state index in [1.165, 1.54) is 51.4 Å². The Bertz CT molecular complexity index is 461. The Hall–Kier alpha value is -0.260. The molecule has 0 bridgehead atoms. The summed E-state index contributed by atoms with van der Waals surface area (Å²) in [6.07, 6.45) is 14.6. The molecule has 4 aliphatic rings. The minimum atomic E-state index is 0.724. The number of hydrogen-bond donors (Lipinski definition) is 0. The van der Waals surface area contributed by atoms with Gasteiger partial charge in [-0.2, -0.15) is 0 Å². The van der Waals surface area contributed by atoms with Gasteiger partial charge in [0.2, 0.25) is 0 Å². The Kier molecular flexibility index (Phi) is 4.76. The average Bonchev–Trinajstić information content (AvgIpc) is 3.44. The van der Waals surface area contributed by atoms with Crippen LogP contribution in [0.15, 0.2) is 11.6 Å². The van der Waals surface area contributed by atoms with Crippen LogP contribution in [-0.4, -0.2) is 0 Å². The maximum absolute atomic E-state index is 2.60. The first-order valence-corrected chi connectivity index (χ1v) is 10.6. The average molecular weight is 317 g/mol. The van der Waals surface area contributed by atoms with Crippen molar-refractivity contribution < 1.29 is 0 Å². The Balaban J connectivity index is 0.000000753. The normalized spacial score (nSPS) is 51.6. The van der Waals surface area contributed by atoms with Gasteiger partial charge in [0, 0.05) is 5.92 Å². The monoisotopic (exact) mass is 316 g/mol. The molecule has 0 aromatic rings. The van der Waals surface area contributed by atoms with Crippen molar-refractivity contribution in [2.45, 2.75) is 92.9 Å². The van der Waals surface area contributed by atoms with Crippen LogP contribution in [0.1, 0.15) is 92.9 Å². The molecule has 23 heavy (non-hydrogen) atoms. The van der Waals surface area contributed by atoms with Crippen LogP contribution in [-0.2, 0) is 0 Å². The number of hydrogen-bond acceptors (Lipinski definition) is 0. The third kappa shape index (κ3) is 3.72. The van der Waals surface area contributed by atoms with Crippen molar-refractivity contribution in [1.29, 1.82) is 0 Å². The molecule has 0 heterocycles. The van der Waals surface area contributed by atoms with Crippen LogP contribution in [0.5, 0.6) is 0 Å². The first-order valence-electron chi connectivity index (χ1n) is 10.6. The molecule has 4 aliphatic carbocycles. The first-order chi connectivity index (χ1) is 10.9. The Labute approximate surface area is 145 Å². The van der Waals surface area contributed by atoms with E-state index in [2.05, 4.69) is 33.8 Å². The molecule has 0 nitrogen and oxygen atoms in total. The summed E-state index contributed by atoms with van der Waals surface area (Å²) in [5.41, 5.74) is 3.26. The van der Waals surface area contributed by atoms with Crippen molar-refractivity contribution in [3.63, 3.8) is 0 Å². The van der Waals surface area contributed by atoms with Gasteiger partial charge in [-0.25, -0.2) is 0 Å². The largest absolute Gasteiger partial charge is 0.0773 e. The molecular formula is C23H40. The van der Waals surface area contributed by atoms with Crippen LogP contribution in [0.25, 0.3) is 0 Å². The lowest BCUT2D eigenvalue weighted by atomic mass is 9.85. The van der Waals surface area contributed by atoms with Gasteiger partial charge in [-0.15, -0.1) is 0 Å². The zero-order valence-electron chi connectivity index (χ0n) is 16.6. The van der Waals surface area contributed by atoms with Crippen molar-refractivity contribution in [1.82, 2.24) is 0 Å². The molecule has 0 aliphatic heterocycles. The second-order valence-electron chi connectivity index (χ2n) is 9.98. The van der Waals surface area contributed by atoms with Gasteiger partial charge in [-0.05, 0) is 85.9 Å². The van der Waals surface area contributed by atoms with Crippen molar-refractivity contribution in [2.24, 2.45) is 40.4 Å². The molecule has 0 radical (unpaired) electrons. The molecule has 7 atom stereocenters. The second-order valence-corrected chi connectivity index (χ2v) is 9.98. The summed E-state index contributed by atoms with van der Waals surface area (Å²) in [7, 11) is 0. The highest BCUT2D eigenvalue weighted by molar-refractivity contribution is 5.30. The third-order valence-electron chi connectivity index (χ3n) is 7.91. The Morgan fingerprint density at radius 1 is 0.913 bits per heavy atom. The van der Waals surface area contributed by atoms with E-state index >= 15 is 0 Å². The molecule has 0 aromatic carbocycles. The predicted octanol–water partition coefficient (Wildman–Crippen LogP) is 7.25. The summed E-state index contributed by atoms with van der Waals surface area (Å²) in [5, 5.41) is 0. The summed E-state index contributed by atoms with van der Waals surface area (Å²) in [6, 6.07) is 0. The van der Waals surface area contributed by atoms with Gasteiger partial charge in [0.05, 0.1) is 0 Å². The Morgan fingerprint density at radius 2 is 1.52 bits per heavy atom. The lowest BCUT2D eigenvalue weighted by Gasteiger charge is -2.20. The summed E-state index contributed by atoms with van der Waals surface area (Å²) in [5.74, 6) is 4.85. The zero-order chi connectivity index (χ0) is 16.8. The molecular weight excluding hydrogens is 276 g/mol. The van der Waals surface area contributed by atoms with Crippen molar-refractivity contribution in [2.75, 3.05) is 0 Å². The maximum atomic E-state index is 2.60. The van der Waals surface area contributed by atoms with Crippen LogP contribution in [0.2, 0.25) is 0 Å². The molecule has 0 aromatic heterocycles. The van der Waals surface area contributed by atoms with Gasteiger partial charge in [0.1, 0.15) is 0 Å². The minimum absolute atomic E-state index is 0.724. The standard InChI is InChI=1S/C21H34.C2H6/c1-14-9-16-11-19(16)15(2)5-7-20(3)12-17(20)6-8-21(4)13-18(21)10-14;1-2/h11,14-15,17-19H,5-10,12-13H2,1-4H3;1-2H3. The van der Waals surface area contributed by atoms with Gasteiger partial charge in [0.25, 0.3) is 0 Å². The van der Waals surface area contributed by atoms with Crippen molar-refractivity contribution >= 4 is 0 Å². The summed E-state index contributed by atoms with van der Waals surface area (Å²) < 4.78 is 0. The van der Waals surface area contributed by atoms with E-state index in [1.807, 2.05) is 19.4 Å². The SMILES string of the molecule is CC.CC1CC2=CC2C(C)CCC2(C)CC2CCC2(C)CC2C1. The van der Waals surface area contributed by atoms with Crippen LogP contribution in [0.4, 0.5) is 0 Å². The molecule has 7 unspecified atom stereocenters. The van der Waals surface area contributed by atoms with E-state index < -0.39 is 0 Å². The van der Waals surface area contributed by atoms with E-state index in [9.17, 15) is 0 Å².